The molecule has 2 N–H and O–H groups in total. The van der Waals surface area contributed by atoms with Gasteiger partial charge in [-0.3, -0.25) is 4.79 Å². The molecule has 2 rings (SSSR count). The molecule has 146 valence electrons. The lowest BCUT2D eigenvalue weighted by molar-refractivity contribution is -0.0962. The van der Waals surface area contributed by atoms with Gasteiger partial charge in [0.2, 0.25) is 10.0 Å². The molecule has 26 heavy (non-hydrogen) atoms. The third-order valence-electron chi connectivity index (χ3n) is 4.87. The molecule has 0 radical (unpaired) electrons. The van der Waals surface area contributed by atoms with Gasteiger partial charge in [0.15, 0.2) is 0 Å². The van der Waals surface area contributed by atoms with Crippen molar-refractivity contribution in [3.05, 3.63) is 29.3 Å². The lowest BCUT2D eigenvalue weighted by Crippen LogP contribution is -2.51. The highest BCUT2D eigenvalue weighted by Crippen LogP contribution is 2.24. The van der Waals surface area contributed by atoms with Crippen LogP contribution in [0.3, 0.4) is 0 Å². The first-order valence-electron chi connectivity index (χ1n) is 9.21. The van der Waals surface area contributed by atoms with Gasteiger partial charge in [-0.05, 0) is 37.0 Å². The number of hydrogen-bond donors (Lipinski definition) is 1. The zero-order chi connectivity index (χ0) is 19.5. The summed E-state index contributed by atoms with van der Waals surface area (Å²) in [7, 11) is -3.85. The van der Waals surface area contributed by atoms with Gasteiger partial charge in [0.1, 0.15) is 0 Å². The number of benzene rings is 1. The quantitative estimate of drug-likeness (QED) is 0.819. The standard InChI is InChI=1S/C19H30N2O4S/c1-5-6-7-15-11-21(12-18(25-15)13(2)3)19(22)17-10-16(26(20,23)24)9-8-14(17)4/h8-10,13,15,18H,5-7,11-12H2,1-4H3,(H2,20,23,24)/t15-,18-/m1/s1. The molecule has 1 fully saturated rings. The molecule has 1 heterocycles. The molecule has 1 aromatic rings. The highest BCUT2D eigenvalue weighted by atomic mass is 32.2. The maximum absolute atomic E-state index is 13.1. The number of sulfonamides is 1. The zero-order valence-corrected chi connectivity index (χ0v) is 16.9. The molecule has 0 spiro atoms. The molecule has 0 bridgehead atoms. The van der Waals surface area contributed by atoms with Crippen molar-refractivity contribution >= 4 is 15.9 Å². The lowest BCUT2D eigenvalue weighted by Gasteiger charge is -2.40. The Labute approximate surface area is 156 Å². The van der Waals surface area contributed by atoms with Crippen LogP contribution in [0.1, 0.15) is 56.0 Å². The third-order valence-corrected chi connectivity index (χ3v) is 5.78. The summed E-state index contributed by atoms with van der Waals surface area (Å²) >= 11 is 0. The number of carbonyl (C=O) groups excluding carboxylic acids is 1. The van der Waals surface area contributed by atoms with Crippen LogP contribution in [0.5, 0.6) is 0 Å². The summed E-state index contributed by atoms with van der Waals surface area (Å²) in [6.45, 7) is 9.15. The molecule has 1 aliphatic heterocycles. The van der Waals surface area contributed by atoms with Crippen LogP contribution in [0.4, 0.5) is 0 Å². The van der Waals surface area contributed by atoms with Crippen molar-refractivity contribution in [3.8, 4) is 0 Å². The number of nitrogens with zero attached hydrogens (tertiary/aromatic N) is 1. The third kappa shape index (κ3) is 5.05. The summed E-state index contributed by atoms with van der Waals surface area (Å²) in [6.07, 6.45) is 3.05. The highest BCUT2D eigenvalue weighted by molar-refractivity contribution is 7.89. The van der Waals surface area contributed by atoms with Gasteiger partial charge in [-0.15, -0.1) is 0 Å². The second-order valence-corrected chi connectivity index (χ2v) is 8.98. The summed E-state index contributed by atoms with van der Waals surface area (Å²) in [6, 6.07) is 4.44. The minimum Gasteiger partial charge on any atom is -0.371 e. The number of amides is 1. The number of carbonyl (C=O) groups is 1. The van der Waals surface area contributed by atoms with Crippen LogP contribution in [0.15, 0.2) is 23.1 Å². The van der Waals surface area contributed by atoms with Crippen molar-refractivity contribution in [1.82, 2.24) is 4.90 Å². The van der Waals surface area contributed by atoms with Crippen molar-refractivity contribution in [3.63, 3.8) is 0 Å². The van der Waals surface area contributed by atoms with Crippen molar-refractivity contribution in [2.75, 3.05) is 13.1 Å². The molecule has 7 heteroatoms. The largest absolute Gasteiger partial charge is 0.371 e. The number of ether oxygens (including phenoxy) is 1. The van der Waals surface area contributed by atoms with Crippen molar-refractivity contribution in [1.29, 1.82) is 0 Å². The van der Waals surface area contributed by atoms with Crippen molar-refractivity contribution in [2.24, 2.45) is 11.1 Å². The van der Waals surface area contributed by atoms with E-state index in [4.69, 9.17) is 9.88 Å². The molecular formula is C19H30N2O4S. The number of primary sulfonamides is 1. The SMILES string of the molecule is CCCC[C@@H]1CN(C(=O)c2cc(S(N)(=O)=O)ccc2C)C[C@H](C(C)C)O1. The Bertz CT molecular complexity index is 746. The van der Waals surface area contributed by atoms with Gasteiger partial charge in [-0.2, -0.15) is 0 Å². The minimum absolute atomic E-state index is 0.0155. The van der Waals surface area contributed by atoms with E-state index in [-0.39, 0.29) is 23.0 Å². The normalized spacial score (nSPS) is 21.2. The second-order valence-electron chi connectivity index (χ2n) is 7.41. The maximum atomic E-state index is 13.1. The number of nitrogens with two attached hydrogens (primary N) is 1. The minimum atomic E-state index is -3.85. The summed E-state index contributed by atoms with van der Waals surface area (Å²) in [5, 5.41) is 5.22. The van der Waals surface area contributed by atoms with E-state index in [0.29, 0.717) is 24.6 Å². The molecule has 0 aliphatic carbocycles. The van der Waals surface area contributed by atoms with Crippen molar-refractivity contribution < 1.29 is 17.9 Å². The predicted octanol–water partition coefficient (Wildman–Crippen LogP) is 2.70. The van der Waals surface area contributed by atoms with Gasteiger partial charge >= 0.3 is 0 Å². The van der Waals surface area contributed by atoms with Gasteiger partial charge in [0.25, 0.3) is 5.91 Å². The van der Waals surface area contributed by atoms with E-state index >= 15 is 0 Å². The first-order chi connectivity index (χ1) is 12.1. The van der Waals surface area contributed by atoms with Crippen LogP contribution in [0, 0.1) is 12.8 Å². The van der Waals surface area contributed by atoms with Crippen LogP contribution < -0.4 is 5.14 Å². The Morgan fingerprint density at radius 3 is 2.62 bits per heavy atom. The van der Waals surface area contributed by atoms with Gasteiger partial charge in [-0.25, -0.2) is 13.6 Å². The molecule has 6 nitrogen and oxygen atoms in total. The fourth-order valence-corrected chi connectivity index (χ4v) is 3.71. The summed E-state index contributed by atoms with van der Waals surface area (Å²) < 4.78 is 29.4. The molecule has 0 unspecified atom stereocenters. The topological polar surface area (TPSA) is 89.7 Å². The Balaban J connectivity index is 2.29. The fourth-order valence-electron chi connectivity index (χ4n) is 3.17. The average Bonchev–Trinajstić information content (AvgIpc) is 2.58. The Hall–Kier alpha value is -1.44. The van der Waals surface area contributed by atoms with Gasteiger partial charge in [-0.1, -0.05) is 39.7 Å². The molecule has 1 amide bonds. The number of aryl methyl sites for hydroxylation is 1. The number of unbranched alkanes of at least 4 members (excludes halogenated alkanes) is 1. The van der Waals surface area contributed by atoms with Crippen LogP contribution in [0.2, 0.25) is 0 Å². The zero-order valence-electron chi connectivity index (χ0n) is 16.1. The van der Waals surface area contributed by atoms with E-state index in [1.54, 1.807) is 17.9 Å². The molecule has 1 aromatic carbocycles. The van der Waals surface area contributed by atoms with Gasteiger partial charge < -0.3 is 9.64 Å². The molecule has 0 aromatic heterocycles. The number of hydrogen-bond acceptors (Lipinski definition) is 4. The van der Waals surface area contributed by atoms with Gasteiger partial charge in [0.05, 0.1) is 17.1 Å². The molecular weight excluding hydrogens is 352 g/mol. The average molecular weight is 383 g/mol. The molecule has 1 aliphatic rings. The Morgan fingerprint density at radius 2 is 2.04 bits per heavy atom. The van der Waals surface area contributed by atoms with E-state index < -0.39 is 10.0 Å². The molecule has 0 saturated carbocycles. The van der Waals surface area contributed by atoms with Crippen LogP contribution in [0.25, 0.3) is 0 Å². The highest BCUT2D eigenvalue weighted by Gasteiger charge is 2.33. The van der Waals surface area contributed by atoms with Crippen LogP contribution in [-0.4, -0.2) is 44.5 Å². The fraction of sp³-hybridized carbons (Fsp3) is 0.632. The second kappa shape index (κ2) is 8.50. The Kier molecular flexibility index (Phi) is 6.82. The lowest BCUT2D eigenvalue weighted by atomic mass is 10.0. The Morgan fingerprint density at radius 1 is 1.35 bits per heavy atom. The summed E-state index contributed by atoms with van der Waals surface area (Å²) in [5.41, 5.74) is 1.12. The number of morpholine rings is 1. The van der Waals surface area contributed by atoms with E-state index in [1.165, 1.54) is 12.1 Å². The first kappa shape index (κ1) is 20.9. The van der Waals surface area contributed by atoms with E-state index in [2.05, 4.69) is 20.8 Å². The van der Waals surface area contributed by atoms with E-state index in [9.17, 15) is 13.2 Å². The summed E-state index contributed by atoms with van der Waals surface area (Å²) in [5.74, 6) is 0.134. The summed E-state index contributed by atoms with van der Waals surface area (Å²) in [4.78, 5) is 14.9. The molecule has 2 atom stereocenters. The maximum Gasteiger partial charge on any atom is 0.254 e. The predicted molar refractivity (Wildman–Crippen MR) is 101 cm³/mol. The van der Waals surface area contributed by atoms with Gasteiger partial charge in [0, 0.05) is 18.7 Å². The first-order valence-corrected chi connectivity index (χ1v) is 10.8. The monoisotopic (exact) mass is 382 g/mol. The van der Waals surface area contributed by atoms with Crippen LogP contribution >= 0.6 is 0 Å². The van der Waals surface area contributed by atoms with Crippen molar-refractivity contribution in [2.45, 2.75) is 64.1 Å². The number of rotatable bonds is 6. The molecule has 1 saturated heterocycles. The van der Waals surface area contributed by atoms with E-state index in [1.807, 2.05) is 0 Å². The van der Waals surface area contributed by atoms with Crippen LogP contribution in [-0.2, 0) is 14.8 Å². The smallest absolute Gasteiger partial charge is 0.254 e. The van der Waals surface area contributed by atoms with E-state index in [0.717, 1.165) is 24.8 Å².